The van der Waals surface area contributed by atoms with Gasteiger partial charge in [-0.3, -0.25) is 4.68 Å². The predicted octanol–water partition coefficient (Wildman–Crippen LogP) is 3.04. The van der Waals surface area contributed by atoms with E-state index in [1.807, 2.05) is 24.3 Å². The highest BCUT2D eigenvalue weighted by Gasteiger charge is 2.24. The molecule has 0 saturated heterocycles. The molecule has 1 heterocycles. The van der Waals surface area contributed by atoms with E-state index in [2.05, 4.69) is 30.6 Å². The Kier molecular flexibility index (Phi) is 5.81. The molecule has 0 spiro atoms. The Labute approximate surface area is 154 Å². The number of halogens is 1. The van der Waals surface area contributed by atoms with E-state index in [1.165, 1.54) is 10.2 Å². The summed E-state index contributed by atoms with van der Waals surface area (Å²) in [6.45, 7) is 8.38. The van der Waals surface area contributed by atoms with E-state index >= 15 is 0 Å². The summed E-state index contributed by atoms with van der Waals surface area (Å²) >= 11 is 6.01. The lowest BCUT2D eigenvalue weighted by Crippen LogP contribution is -2.28. The second-order valence-electron chi connectivity index (χ2n) is 6.85. The SMILES string of the molecule is Cc1nn(C)c(Cl)c1S(=O)(=O)NCCOc1ccc(C(C)(C)C)cc1. The van der Waals surface area contributed by atoms with E-state index < -0.39 is 10.0 Å². The molecule has 138 valence electrons. The predicted molar refractivity (Wildman–Crippen MR) is 98.8 cm³/mol. The lowest BCUT2D eigenvalue weighted by Gasteiger charge is -2.19. The van der Waals surface area contributed by atoms with Crippen molar-refractivity contribution in [1.29, 1.82) is 0 Å². The van der Waals surface area contributed by atoms with Gasteiger partial charge in [0, 0.05) is 13.6 Å². The summed E-state index contributed by atoms with van der Waals surface area (Å²) in [4.78, 5) is 0.00574. The van der Waals surface area contributed by atoms with Gasteiger partial charge in [0.05, 0.1) is 5.69 Å². The maximum atomic E-state index is 12.3. The van der Waals surface area contributed by atoms with Gasteiger partial charge < -0.3 is 4.74 Å². The number of nitrogens with one attached hydrogen (secondary N) is 1. The Hall–Kier alpha value is -1.57. The second kappa shape index (κ2) is 7.35. The maximum absolute atomic E-state index is 12.3. The van der Waals surface area contributed by atoms with Crippen molar-refractivity contribution in [3.8, 4) is 5.75 Å². The molecule has 0 unspecified atom stereocenters. The van der Waals surface area contributed by atoms with Crippen LogP contribution in [0.3, 0.4) is 0 Å². The van der Waals surface area contributed by atoms with Gasteiger partial charge in [0.25, 0.3) is 0 Å². The van der Waals surface area contributed by atoms with Crippen molar-refractivity contribution in [2.24, 2.45) is 7.05 Å². The molecule has 0 atom stereocenters. The molecular weight excluding hydrogens is 362 g/mol. The normalized spacial score (nSPS) is 12.4. The first-order valence-electron chi connectivity index (χ1n) is 7.94. The van der Waals surface area contributed by atoms with E-state index in [-0.39, 0.29) is 28.6 Å². The van der Waals surface area contributed by atoms with Crippen LogP contribution in [-0.2, 0) is 22.5 Å². The molecule has 0 aliphatic rings. The van der Waals surface area contributed by atoms with E-state index in [0.717, 1.165) is 0 Å². The van der Waals surface area contributed by atoms with Crippen molar-refractivity contribution in [2.45, 2.75) is 38.0 Å². The molecule has 0 fully saturated rings. The highest BCUT2D eigenvalue weighted by Crippen LogP contribution is 2.25. The zero-order valence-electron chi connectivity index (χ0n) is 15.1. The van der Waals surface area contributed by atoms with Gasteiger partial charge in [-0.1, -0.05) is 44.5 Å². The minimum Gasteiger partial charge on any atom is -0.492 e. The number of hydrogen-bond donors (Lipinski definition) is 1. The molecule has 1 N–H and O–H groups in total. The topological polar surface area (TPSA) is 73.2 Å². The number of sulfonamides is 1. The fraction of sp³-hybridized carbons (Fsp3) is 0.471. The molecule has 8 heteroatoms. The van der Waals surface area contributed by atoms with Gasteiger partial charge in [-0.15, -0.1) is 0 Å². The minimum atomic E-state index is -3.73. The molecular formula is C17H24ClN3O3S. The van der Waals surface area contributed by atoms with E-state index in [9.17, 15) is 8.42 Å². The molecule has 2 rings (SSSR count). The van der Waals surface area contributed by atoms with Gasteiger partial charge in [0.1, 0.15) is 22.4 Å². The molecule has 0 radical (unpaired) electrons. The standard InChI is InChI=1S/C17H24ClN3O3S/c1-12-15(16(18)21(5)20-12)25(22,23)19-10-11-24-14-8-6-13(7-9-14)17(2,3)4/h6-9,19H,10-11H2,1-5H3. The van der Waals surface area contributed by atoms with Crippen molar-refractivity contribution >= 4 is 21.6 Å². The number of hydrogen-bond acceptors (Lipinski definition) is 4. The first-order chi connectivity index (χ1) is 11.5. The fourth-order valence-corrected chi connectivity index (χ4v) is 4.14. The van der Waals surface area contributed by atoms with Crippen LogP contribution in [0.5, 0.6) is 5.75 Å². The fourth-order valence-electron chi connectivity index (χ4n) is 2.38. The van der Waals surface area contributed by atoms with Gasteiger partial charge in [-0.2, -0.15) is 5.10 Å². The van der Waals surface area contributed by atoms with Crippen LogP contribution in [0.25, 0.3) is 0 Å². The van der Waals surface area contributed by atoms with Gasteiger partial charge in [-0.05, 0) is 30.0 Å². The molecule has 0 amide bonds. The molecule has 0 aliphatic carbocycles. The average Bonchev–Trinajstić information content (AvgIpc) is 2.76. The third-order valence-electron chi connectivity index (χ3n) is 3.75. The number of ether oxygens (including phenoxy) is 1. The van der Waals surface area contributed by atoms with E-state index in [1.54, 1.807) is 14.0 Å². The minimum absolute atomic E-state index is 0.00574. The molecule has 25 heavy (non-hydrogen) atoms. The number of rotatable bonds is 6. The van der Waals surface area contributed by atoms with Crippen LogP contribution >= 0.6 is 11.6 Å². The second-order valence-corrected chi connectivity index (χ2v) is 8.91. The zero-order valence-corrected chi connectivity index (χ0v) is 16.7. The Morgan fingerprint density at radius 2 is 1.84 bits per heavy atom. The third-order valence-corrected chi connectivity index (χ3v) is 5.91. The first-order valence-corrected chi connectivity index (χ1v) is 9.80. The van der Waals surface area contributed by atoms with Crippen LogP contribution in [0.1, 0.15) is 32.0 Å². The summed E-state index contributed by atoms with van der Waals surface area (Å²) < 4.78 is 34.1. The smallest absolute Gasteiger partial charge is 0.245 e. The summed E-state index contributed by atoms with van der Waals surface area (Å²) in [5, 5.41) is 4.10. The Bertz CT molecular complexity index is 837. The Morgan fingerprint density at radius 3 is 2.32 bits per heavy atom. The monoisotopic (exact) mass is 385 g/mol. The molecule has 1 aromatic heterocycles. The summed E-state index contributed by atoms with van der Waals surface area (Å²) in [6, 6.07) is 7.80. The van der Waals surface area contributed by atoms with Crippen LogP contribution in [0.2, 0.25) is 5.15 Å². The summed E-state index contributed by atoms with van der Waals surface area (Å²) in [7, 11) is -2.13. The van der Waals surface area contributed by atoms with Gasteiger partial charge in [0.15, 0.2) is 0 Å². The van der Waals surface area contributed by atoms with Crippen molar-refractivity contribution in [3.05, 3.63) is 40.7 Å². The largest absolute Gasteiger partial charge is 0.492 e. The third kappa shape index (κ3) is 4.74. The summed E-state index contributed by atoms with van der Waals surface area (Å²) in [6.07, 6.45) is 0. The van der Waals surface area contributed by atoms with E-state index in [4.69, 9.17) is 16.3 Å². The lowest BCUT2D eigenvalue weighted by atomic mass is 9.87. The first kappa shape index (κ1) is 19.8. The van der Waals surface area contributed by atoms with Crippen LogP contribution < -0.4 is 9.46 Å². The van der Waals surface area contributed by atoms with Crippen LogP contribution in [0.15, 0.2) is 29.2 Å². The average molecular weight is 386 g/mol. The van der Waals surface area contributed by atoms with Crippen molar-refractivity contribution < 1.29 is 13.2 Å². The van der Waals surface area contributed by atoms with Gasteiger partial charge in [0.2, 0.25) is 10.0 Å². The molecule has 0 saturated carbocycles. The summed E-state index contributed by atoms with van der Waals surface area (Å²) in [5.74, 6) is 0.697. The van der Waals surface area contributed by atoms with E-state index in [0.29, 0.717) is 11.4 Å². The van der Waals surface area contributed by atoms with Gasteiger partial charge in [-0.25, -0.2) is 13.1 Å². The summed E-state index contributed by atoms with van der Waals surface area (Å²) in [5.41, 5.74) is 1.65. The highest BCUT2D eigenvalue weighted by molar-refractivity contribution is 7.89. The molecule has 6 nitrogen and oxygen atoms in total. The number of nitrogens with zero attached hydrogens (tertiary/aromatic N) is 2. The van der Waals surface area contributed by atoms with Crippen LogP contribution in [-0.4, -0.2) is 31.3 Å². The lowest BCUT2D eigenvalue weighted by molar-refractivity contribution is 0.322. The molecule has 1 aromatic carbocycles. The number of aryl methyl sites for hydroxylation is 2. The molecule has 2 aromatic rings. The van der Waals surface area contributed by atoms with Crippen molar-refractivity contribution in [3.63, 3.8) is 0 Å². The van der Waals surface area contributed by atoms with Gasteiger partial charge >= 0.3 is 0 Å². The number of aromatic nitrogens is 2. The Balaban J connectivity index is 1.92. The Morgan fingerprint density at radius 1 is 1.24 bits per heavy atom. The van der Waals surface area contributed by atoms with Crippen molar-refractivity contribution in [2.75, 3.05) is 13.2 Å². The quantitative estimate of drug-likeness (QED) is 0.775. The zero-order chi connectivity index (χ0) is 18.8. The van der Waals surface area contributed by atoms with Crippen molar-refractivity contribution in [1.82, 2.24) is 14.5 Å². The highest BCUT2D eigenvalue weighted by atomic mass is 35.5. The van der Waals surface area contributed by atoms with Crippen LogP contribution in [0, 0.1) is 6.92 Å². The van der Waals surface area contributed by atoms with Crippen LogP contribution in [0.4, 0.5) is 0 Å². The number of benzene rings is 1. The maximum Gasteiger partial charge on any atom is 0.245 e. The molecule has 0 bridgehead atoms. The molecule has 0 aliphatic heterocycles.